The van der Waals surface area contributed by atoms with Crippen molar-refractivity contribution in [3.8, 4) is 0 Å². The fraction of sp³-hybridized carbons (Fsp3) is 0.600. The average Bonchev–Trinajstić information content (AvgIpc) is 2.16. The maximum atomic E-state index is 10.9. The van der Waals surface area contributed by atoms with Crippen LogP contribution in [0.25, 0.3) is 0 Å². The van der Waals surface area contributed by atoms with Gasteiger partial charge in [0.25, 0.3) is 0 Å². The maximum Gasteiger partial charge on any atom is 0.311 e. The van der Waals surface area contributed by atoms with Gasteiger partial charge in [0.2, 0.25) is 0 Å². The molecular weight excluding hydrogens is 184 g/mol. The lowest BCUT2D eigenvalue weighted by Gasteiger charge is -2.00. The number of carbonyl (C=O) groups is 2. The zero-order valence-corrected chi connectivity index (χ0v) is 8.62. The number of ether oxygens (including phenoxy) is 2. The second-order valence-electron chi connectivity index (χ2n) is 2.57. The molecule has 0 fully saturated rings. The van der Waals surface area contributed by atoms with E-state index >= 15 is 0 Å². The van der Waals surface area contributed by atoms with E-state index in [-0.39, 0.29) is 18.8 Å². The van der Waals surface area contributed by atoms with Gasteiger partial charge in [0.1, 0.15) is 0 Å². The van der Waals surface area contributed by atoms with Crippen molar-refractivity contribution >= 4 is 11.9 Å². The van der Waals surface area contributed by atoms with E-state index in [9.17, 15) is 9.59 Å². The van der Waals surface area contributed by atoms with Gasteiger partial charge in [0, 0.05) is 0 Å². The van der Waals surface area contributed by atoms with Gasteiger partial charge in [0.05, 0.1) is 25.7 Å². The van der Waals surface area contributed by atoms with Crippen LogP contribution in [0.4, 0.5) is 0 Å². The second-order valence-corrected chi connectivity index (χ2v) is 2.57. The smallest absolute Gasteiger partial charge is 0.311 e. The van der Waals surface area contributed by atoms with E-state index in [0.717, 1.165) is 6.42 Å². The van der Waals surface area contributed by atoms with Crippen molar-refractivity contribution in [3.05, 3.63) is 12.3 Å². The number of carbonyl (C=O) groups excluding carboxylic acids is 2. The van der Waals surface area contributed by atoms with Gasteiger partial charge in [-0.25, -0.2) is 0 Å². The van der Waals surface area contributed by atoms with Crippen LogP contribution in [0.3, 0.4) is 0 Å². The van der Waals surface area contributed by atoms with Crippen LogP contribution < -0.4 is 0 Å². The van der Waals surface area contributed by atoms with Crippen LogP contribution >= 0.6 is 0 Å². The molecule has 0 aromatic carbocycles. The molecule has 80 valence electrons. The second kappa shape index (κ2) is 8.29. The third-order valence-corrected chi connectivity index (χ3v) is 1.37. The first-order valence-electron chi connectivity index (χ1n) is 4.70. The van der Waals surface area contributed by atoms with Crippen molar-refractivity contribution in [3.63, 3.8) is 0 Å². The molecule has 0 heterocycles. The molecule has 4 nitrogen and oxygen atoms in total. The number of hydrogen-bond donors (Lipinski definition) is 0. The topological polar surface area (TPSA) is 52.6 Å². The minimum atomic E-state index is -0.414. The molecule has 0 radical (unpaired) electrons. The van der Waals surface area contributed by atoms with E-state index in [1.54, 1.807) is 13.0 Å². The first-order chi connectivity index (χ1) is 6.70. The molecule has 4 heteroatoms. The zero-order valence-electron chi connectivity index (χ0n) is 8.62. The molecule has 0 bridgehead atoms. The Morgan fingerprint density at radius 2 is 1.79 bits per heavy atom. The van der Waals surface area contributed by atoms with Crippen molar-refractivity contribution in [2.24, 2.45) is 0 Å². The van der Waals surface area contributed by atoms with Gasteiger partial charge in [-0.05, 0) is 19.4 Å². The van der Waals surface area contributed by atoms with Crippen LogP contribution in [0.2, 0.25) is 0 Å². The Balaban J connectivity index is 3.53. The van der Waals surface area contributed by atoms with Crippen LogP contribution in [-0.2, 0) is 19.1 Å². The van der Waals surface area contributed by atoms with Crippen LogP contribution in [0, 0.1) is 0 Å². The predicted molar refractivity (Wildman–Crippen MR) is 51.4 cm³/mol. The summed E-state index contributed by atoms with van der Waals surface area (Å²) < 4.78 is 9.34. The van der Waals surface area contributed by atoms with E-state index in [0.29, 0.717) is 6.61 Å². The Kier molecular flexibility index (Phi) is 7.50. The third-order valence-electron chi connectivity index (χ3n) is 1.37. The highest BCUT2D eigenvalue weighted by Gasteiger charge is 2.06. The van der Waals surface area contributed by atoms with E-state index < -0.39 is 5.97 Å². The largest absolute Gasteiger partial charge is 0.466 e. The predicted octanol–water partition coefficient (Wildman–Crippen LogP) is 1.80. The summed E-state index contributed by atoms with van der Waals surface area (Å²) >= 11 is 0. The number of allylic oxidation sites excluding steroid dienone is 1. The SMILES string of the molecule is CC/C=C/OC(=O)CCC(=O)OCC. The highest BCUT2D eigenvalue weighted by molar-refractivity contribution is 5.77. The quantitative estimate of drug-likeness (QED) is 0.484. The molecule has 0 unspecified atom stereocenters. The molecule has 0 saturated carbocycles. The Labute approximate surface area is 83.9 Å². The van der Waals surface area contributed by atoms with E-state index in [2.05, 4.69) is 9.47 Å². The zero-order chi connectivity index (χ0) is 10.8. The summed E-state index contributed by atoms with van der Waals surface area (Å²) in [6.07, 6.45) is 4.01. The van der Waals surface area contributed by atoms with Gasteiger partial charge < -0.3 is 9.47 Å². The molecule has 0 spiro atoms. The molecular formula is C10H16O4. The van der Waals surface area contributed by atoms with E-state index in [1.165, 1.54) is 6.26 Å². The molecule has 0 rings (SSSR count). The fourth-order valence-corrected chi connectivity index (χ4v) is 0.716. The van der Waals surface area contributed by atoms with Crippen molar-refractivity contribution in [2.45, 2.75) is 33.1 Å². The lowest BCUT2D eigenvalue weighted by Crippen LogP contribution is -2.08. The molecule has 0 N–H and O–H groups in total. The average molecular weight is 200 g/mol. The normalized spacial score (nSPS) is 10.1. The minimum Gasteiger partial charge on any atom is -0.466 e. The van der Waals surface area contributed by atoms with E-state index in [1.807, 2.05) is 6.92 Å². The maximum absolute atomic E-state index is 10.9. The van der Waals surface area contributed by atoms with Gasteiger partial charge in [-0.2, -0.15) is 0 Å². The van der Waals surface area contributed by atoms with Gasteiger partial charge in [-0.1, -0.05) is 6.92 Å². The molecule has 14 heavy (non-hydrogen) atoms. The summed E-state index contributed by atoms with van der Waals surface area (Å²) in [6.45, 7) is 3.99. The highest BCUT2D eigenvalue weighted by Crippen LogP contribution is 1.96. The molecule has 0 aliphatic rings. The minimum absolute atomic E-state index is 0.0624. The summed E-state index contributed by atoms with van der Waals surface area (Å²) in [7, 11) is 0. The lowest BCUT2D eigenvalue weighted by molar-refractivity contribution is -0.147. The molecule has 0 aliphatic carbocycles. The Morgan fingerprint density at radius 3 is 2.36 bits per heavy atom. The summed E-state index contributed by atoms with van der Waals surface area (Å²) in [6, 6.07) is 0. The number of hydrogen-bond acceptors (Lipinski definition) is 4. The van der Waals surface area contributed by atoms with Gasteiger partial charge >= 0.3 is 11.9 Å². The number of rotatable bonds is 6. The lowest BCUT2D eigenvalue weighted by atomic mass is 10.3. The van der Waals surface area contributed by atoms with Crippen LogP contribution in [0.15, 0.2) is 12.3 Å². The molecule has 0 amide bonds. The first kappa shape index (κ1) is 12.7. The fourth-order valence-electron chi connectivity index (χ4n) is 0.716. The van der Waals surface area contributed by atoms with Crippen molar-refractivity contribution < 1.29 is 19.1 Å². The number of esters is 2. The Hall–Kier alpha value is -1.32. The molecule has 0 aromatic rings. The monoisotopic (exact) mass is 200 g/mol. The van der Waals surface area contributed by atoms with Crippen molar-refractivity contribution in [1.29, 1.82) is 0 Å². The van der Waals surface area contributed by atoms with Crippen LogP contribution in [0.1, 0.15) is 33.1 Å². The first-order valence-corrected chi connectivity index (χ1v) is 4.70. The van der Waals surface area contributed by atoms with Gasteiger partial charge in [0.15, 0.2) is 0 Å². The Bertz CT molecular complexity index is 208. The molecule has 0 atom stereocenters. The van der Waals surface area contributed by atoms with Crippen molar-refractivity contribution in [2.75, 3.05) is 6.61 Å². The standard InChI is InChI=1S/C10H16O4/c1-3-5-8-14-10(12)7-6-9(11)13-4-2/h5,8H,3-4,6-7H2,1-2H3/b8-5+. The Morgan fingerprint density at radius 1 is 1.14 bits per heavy atom. The van der Waals surface area contributed by atoms with Gasteiger partial charge in [-0.15, -0.1) is 0 Å². The third kappa shape index (κ3) is 7.34. The van der Waals surface area contributed by atoms with E-state index in [4.69, 9.17) is 0 Å². The highest BCUT2D eigenvalue weighted by atomic mass is 16.5. The van der Waals surface area contributed by atoms with Crippen LogP contribution in [-0.4, -0.2) is 18.5 Å². The summed E-state index contributed by atoms with van der Waals surface area (Å²) in [5.41, 5.74) is 0. The van der Waals surface area contributed by atoms with Crippen LogP contribution in [0.5, 0.6) is 0 Å². The van der Waals surface area contributed by atoms with Gasteiger partial charge in [-0.3, -0.25) is 9.59 Å². The summed E-state index contributed by atoms with van der Waals surface area (Å²) in [4.78, 5) is 21.8. The van der Waals surface area contributed by atoms with Crippen molar-refractivity contribution in [1.82, 2.24) is 0 Å². The summed E-state index contributed by atoms with van der Waals surface area (Å²) in [5, 5.41) is 0. The molecule has 0 aromatic heterocycles. The summed E-state index contributed by atoms with van der Waals surface area (Å²) in [5.74, 6) is -0.785. The molecule has 0 aliphatic heterocycles. The molecule has 0 saturated heterocycles.